The van der Waals surface area contributed by atoms with Gasteiger partial charge in [-0.15, -0.1) is 0 Å². The number of hydrogen-bond donors (Lipinski definition) is 0. The van der Waals surface area contributed by atoms with Crippen molar-refractivity contribution in [1.29, 1.82) is 0 Å². The van der Waals surface area contributed by atoms with Gasteiger partial charge in [-0.3, -0.25) is 4.79 Å². The highest BCUT2D eigenvalue weighted by atomic mass is 16.6. The summed E-state index contributed by atoms with van der Waals surface area (Å²) < 4.78 is 15.5. The van der Waals surface area contributed by atoms with Gasteiger partial charge in [0.05, 0.1) is 20.8 Å². The number of benzene rings is 1. The monoisotopic (exact) mass is 309 g/mol. The van der Waals surface area contributed by atoms with Gasteiger partial charge in [-0.1, -0.05) is 0 Å². The first-order valence-corrected chi connectivity index (χ1v) is 6.86. The van der Waals surface area contributed by atoms with E-state index >= 15 is 0 Å². The van der Waals surface area contributed by atoms with Crippen molar-refractivity contribution in [2.45, 2.75) is 26.4 Å². The van der Waals surface area contributed by atoms with Crippen LogP contribution in [0.1, 0.15) is 31.1 Å². The van der Waals surface area contributed by atoms with E-state index in [9.17, 15) is 9.59 Å². The highest BCUT2D eigenvalue weighted by Gasteiger charge is 2.22. The summed E-state index contributed by atoms with van der Waals surface area (Å²) in [7, 11) is 4.54. The summed E-state index contributed by atoms with van der Waals surface area (Å²) in [4.78, 5) is 25.4. The lowest BCUT2D eigenvalue weighted by atomic mass is 10.1. The predicted octanol–water partition coefficient (Wildman–Crippen LogP) is 2.75. The molecule has 122 valence electrons. The van der Waals surface area contributed by atoms with E-state index < -0.39 is 11.7 Å². The normalized spacial score (nSPS) is 10.8. The molecule has 0 aliphatic heterocycles. The van der Waals surface area contributed by atoms with Crippen LogP contribution in [0.15, 0.2) is 18.2 Å². The van der Waals surface area contributed by atoms with Gasteiger partial charge in [0.15, 0.2) is 5.78 Å². The lowest BCUT2D eigenvalue weighted by Crippen LogP contribution is -2.37. The molecule has 0 aliphatic carbocycles. The lowest BCUT2D eigenvalue weighted by molar-refractivity contribution is 0.0295. The zero-order valence-corrected chi connectivity index (χ0v) is 13.9. The number of rotatable bonds is 5. The largest absolute Gasteiger partial charge is 0.497 e. The van der Waals surface area contributed by atoms with Crippen LogP contribution >= 0.6 is 0 Å². The fourth-order valence-corrected chi connectivity index (χ4v) is 1.68. The zero-order chi connectivity index (χ0) is 16.9. The molecule has 0 spiro atoms. The summed E-state index contributed by atoms with van der Waals surface area (Å²) >= 11 is 0. The van der Waals surface area contributed by atoms with Gasteiger partial charge in [-0.2, -0.15) is 0 Å². The van der Waals surface area contributed by atoms with Gasteiger partial charge in [0.1, 0.15) is 17.1 Å². The second-order valence-electron chi connectivity index (χ2n) is 5.86. The van der Waals surface area contributed by atoms with Crippen LogP contribution in [0.5, 0.6) is 11.5 Å². The van der Waals surface area contributed by atoms with Gasteiger partial charge in [-0.05, 0) is 32.9 Å². The Morgan fingerprint density at radius 2 is 1.55 bits per heavy atom. The molecule has 0 heterocycles. The number of methoxy groups -OCH3 is 2. The standard InChI is InChI=1S/C16H23NO5/c1-16(2,3)22-15(19)17(4)10-14(18)11-7-12(20-5)9-13(8-11)21-6/h7-9H,10H2,1-6H3. The van der Waals surface area contributed by atoms with Crippen molar-refractivity contribution >= 4 is 11.9 Å². The number of likely N-dealkylation sites (N-methyl/N-ethyl adjacent to an activating group) is 1. The Balaban J connectivity index is 2.82. The zero-order valence-electron chi connectivity index (χ0n) is 13.9. The van der Waals surface area contributed by atoms with E-state index in [0.717, 1.165) is 0 Å². The van der Waals surface area contributed by atoms with E-state index in [4.69, 9.17) is 14.2 Å². The molecule has 0 unspecified atom stereocenters. The first kappa shape index (κ1) is 17.8. The van der Waals surface area contributed by atoms with Crippen molar-refractivity contribution in [3.63, 3.8) is 0 Å². The molecule has 1 rings (SSSR count). The second-order valence-corrected chi connectivity index (χ2v) is 5.86. The Bertz CT molecular complexity index is 526. The summed E-state index contributed by atoms with van der Waals surface area (Å²) in [5, 5.41) is 0. The highest BCUT2D eigenvalue weighted by Crippen LogP contribution is 2.23. The average molecular weight is 309 g/mol. The van der Waals surface area contributed by atoms with Crippen LogP contribution in [0.2, 0.25) is 0 Å². The van der Waals surface area contributed by atoms with E-state index in [-0.39, 0.29) is 12.3 Å². The maximum atomic E-state index is 12.3. The number of ketones is 1. The summed E-state index contributed by atoms with van der Waals surface area (Å²) in [6, 6.07) is 4.88. The summed E-state index contributed by atoms with van der Waals surface area (Å²) in [6.07, 6.45) is -0.546. The quantitative estimate of drug-likeness (QED) is 0.783. The molecule has 6 nitrogen and oxygen atoms in total. The number of carbonyl (C=O) groups excluding carboxylic acids is 2. The molecule has 0 fully saturated rings. The third kappa shape index (κ3) is 5.27. The molecule has 6 heteroatoms. The molecule has 0 atom stereocenters. The molecular formula is C16H23NO5. The average Bonchev–Trinajstić information content (AvgIpc) is 2.44. The molecule has 0 aromatic heterocycles. The Kier molecular flexibility index (Phi) is 5.79. The Morgan fingerprint density at radius 1 is 1.05 bits per heavy atom. The minimum Gasteiger partial charge on any atom is -0.497 e. The molecule has 0 aliphatic rings. The fourth-order valence-electron chi connectivity index (χ4n) is 1.68. The summed E-state index contributed by atoms with van der Waals surface area (Å²) in [5.74, 6) is 0.802. The molecule has 0 saturated heterocycles. The van der Waals surface area contributed by atoms with Crippen molar-refractivity contribution in [1.82, 2.24) is 4.90 Å². The van der Waals surface area contributed by atoms with Crippen LogP contribution < -0.4 is 9.47 Å². The number of nitrogens with zero attached hydrogens (tertiary/aromatic N) is 1. The van der Waals surface area contributed by atoms with E-state index in [1.165, 1.54) is 26.2 Å². The van der Waals surface area contributed by atoms with Crippen molar-refractivity contribution < 1.29 is 23.8 Å². The third-order valence-corrected chi connectivity index (χ3v) is 2.76. The van der Waals surface area contributed by atoms with Gasteiger partial charge in [0.25, 0.3) is 0 Å². The maximum Gasteiger partial charge on any atom is 0.410 e. The smallest absolute Gasteiger partial charge is 0.410 e. The van der Waals surface area contributed by atoms with Gasteiger partial charge in [0, 0.05) is 18.7 Å². The number of amides is 1. The van der Waals surface area contributed by atoms with Gasteiger partial charge < -0.3 is 19.1 Å². The molecular weight excluding hydrogens is 286 g/mol. The molecule has 0 saturated carbocycles. The van der Waals surface area contributed by atoms with Gasteiger partial charge >= 0.3 is 6.09 Å². The first-order valence-electron chi connectivity index (χ1n) is 6.86. The van der Waals surface area contributed by atoms with Crippen LogP contribution in [-0.2, 0) is 4.74 Å². The molecule has 1 amide bonds. The Labute approximate surface area is 131 Å². The molecule has 1 aromatic carbocycles. The summed E-state index contributed by atoms with van der Waals surface area (Å²) in [5.41, 5.74) is -0.195. The molecule has 0 bridgehead atoms. The molecule has 0 N–H and O–H groups in total. The maximum absolute atomic E-state index is 12.3. The number of Topliss-reactive ketones (excluding diaryl/α,β-unsaturated/α-hetero) is 1. The third-order valence-electron chi connectivity index (χ3n) is 2.76. The van der Waals surface area contributed by atoms with Crippen molar-refractivity contribution in [3.8, 4) is 11.5 Å². The van der Waals surface area contributed by atoms with E-state index in [2.05, 4.69) is 0 Å². The molecule has 22 heavy (non-hydrogen) atoms. The number of hydrogen-bond acceptors (Lipinski definition) is 5. The topological polar surface area (TPSA) is 65.1 Å². The van der Waals surface area contributed by atoms with Crippen molar-refractivity contribution in [3.05, 3.63) is 23.8 Å². The van der Waals surface area contributed by atoms with Gasteiger partial charge in [0.2, 0.25) is 0 Å². The van der Waals surface area contributed by atoms with Crippen LogP contribution in [-0.4, -0.2) is 50.2 Å². The number of ether oxygens (including phenoxy) is 3. The second kappa shape index (κ2) is 7.15. The van der Waals surface area contributed by atoms with Crippen molar-refractivity contribution in [2.24, 2.45) is 0 Å². The van der Waals surface area contributed by atoms with Crippen LogP contribution in [0.3, 0.4) is 0 Å². The fraction of sp³-hybridized carbons (Fsp3) is 0.500. The van der Waals surface area contributed by atoms with E-state index in [1.807, 2.05) is 0 Å². The van der Waals surface area contributed by atoms with Crippen LogP contribution in [0.4, 0.5) is 4.79 Å². The highest BCUT2D eigenvalue weighted by molar-refractivity contribution is 5.99. The molecule has 0 radical (unpaired) electrons. The predicted molar refractivity (Wildman–Crippen MR) is 82.7 cm³/mol. The van der Waals surface area contributed by atoms with Crippen LogP contribution in [0, 0.1) is 0 Å². The Morgan fingerprint density at radius 3 is 1.95 bits per heavy atom. The minimum absolute atomic E-state index is 0.0920. The number of carbonyl (C=O) groups is 2. The Hall–Kier alpha value is -2.24. The minimum atomic E-state index is -0.604. The molecule has 1 aromatic rings. The lowest BCUT2D eigenvalue weighted by Gasteiger charge is -2.24. The van der Waals surface area contributed by atoms with Crippen molar-refractivity contribution in [2.75, 3.05) is 27.8 Å². The van der Waals surface area contributed by atoms with E-state index in [1.54, 1.807) is 39.0 Å². The first-order chi connectivity index (χ1) is 10.2. The summed E-state index contributed by atoms with van der Waals surface area (Å²) in [6.45, 7) is 5.22. The van der Waals surface area contributed by atoms with Crippen LogP contribution in [0.25, 0.3) is 0 Å². The van der Waals surface area contributed by atoms with Gasteiger partial charge in [-0.25, -0.2) is 4.79 Å². The van der Waals surface area contributed by atoms with E-state index in [0.29, 0.717) is 17.1 Å². The SMILES string of the molecule is COc1cc(OC)cc(C(=O)CN(C)C(=O)OC(C)(C)C)c1.